The van der Waals surface area contributed by atoms with E-state index in [0.29, 0.717) is 22.0 Å². The zero-order valence-electron chi connectivity index (χ0n) is 11.3. The molecule has 0 spiro atoms. The van der Waals surface area contributed by atoms with Crippen LogP contribution in [-0.2, 0) is 14.6 Å². The maximum absolute atomic E-state index is 12.2. The highest BCUT2D eigenvalue weighted by Gasteiger charge is 2.23. The topological polar surface area (TPSA) is 63.2 Å². The Hall–Kier alpha value is -0.780. The lowest BCUT2D eigenvalue weighted by atomic mass is 10.2. The van der Waals surface area contributed by atoms with Gasteiger partial charge in [0.25, 0.3) is 0 Å². The van der Waals surface area contributed by atoms with Gasteiger partial charge in [-0.1, -0.05) is 29.3 Å². The van der Waals surface area contributed by atoms with Crippen molar-refractivity contribution in [2.24, 2.45) is 0 Å². The van der Waals surface area contributed by atoms with Crippen molar-refractivity contribution in [1.82, 2.24) is 5.32 Å². The van der Waals surface area contributed by atoms with Crippen molar-refractivity contribution in [3.8, 4) is 0 Å². The van der Waals surface area contributed by atoms with Gasteiger partial charge in [0.05, 0.1) is 21.0 Å². The summed E-state index contributed by atoms with van der Waals surface area (Å²) in [6, 6.07) is 4.79. The van der Waals surface area contributed by atoms with Crippen LogP contribution in [-0.4, -0.2) is 27.1 Å². The Morgan fingerprint density at radius 2 is 1.95 bits per heavy atom. The van der Waals surface area contributed by atoms with Gasteiger partial charge in [0.15, 0.2) is 9.84 Å². The monoisotopic (exact) mass is 337 g/mol. The van der Waals surface area contributed by atoms with Crippen molar-refractivity contribution in [3.05, 3.63) is 33.8 Å². The van der Waals surface area contributed by atoms with Crippen molar-refractivity contribution in [2.45, 2.75) is 25.0 Å². The number of amides is 1. The Kier molecular flexibility index (Phi) is 6.30. The zero-order valence-corrected chi connectivity index (χ0v) is 13.6. The summed E-state index contributed by atoms with van der Waals surface area (Å²) in [7, 11) is -1.81. The molecule has 0 aromatic heterocycles. The van der Waals surface area contributed by atoms with Crippen LogP contribution in [0.15, 0.2) is 18.2 Å². The van der Waals surface area contributed by atoms with Gasteiger partial charge >= 0.3 is 0 Å². The van der Waals surface area contributed by atoms with Gasteiger partial charge in [-0.3, -0.25) is 4.79 Å². The maximum atomic E-state index is 12.2. The van der Waals surface area contributed by atoms with E-state index >= 15 is 0 Å². The molecule has 0 saturated carbocycles. The average molecular weight is 338 g/mol. The minimum Gasteiger partial charge on any atom is -0.359 e. The van der Waals surface area contributed by atoms with E-state index in [-0.39, 0.29) is 18.1 Å². The van der Waals surface area contributed by atoms with Gasteiger partial charge in [-0.05, 0) is 31.0 Å². The fourth-order valence-electron chi connectivity index (χ4n) is 1.71. The highest BCUT2D eigenvalue weighted by atomic mass is 35.5. The molecule has 0 radical (unpaired) electrons. The first kappa shape index (κ1) is 17.3. The normalized spacial score (nSPS) is 13.0. The molecule has 0 fully saturated rings. The summed E-state index contributed by atoms with van der Waals surface area (Å²) < 4.78 is 24.4. The zero-order chi connectivity index (χ0) is 15.3. The van der Waals surface area contributed by atoms with Crippen molar-refractivity contribution >= 4 is 38.9 Å². The van der Waals surface area contributed by atoms with E-state index in [2.05, 4.69) is 5.32 Å². The lowest BCUT2D eigenvalue weighted by Gasteiger charge is -2.14. The predicted octanol–water partition coefficient (Wildman–Crippen LogP) is 3.00. The molecule has 0 heterocycles. The molecule has 0 saturated heterocycles. The standard InChI is InChI=1S/C13H17Cl2NO3S/c1-9(10-5-6-11(14)12(15)8-10)20(18,19)7-3-4-13(17)16-2/h5-6,8-9H,3-4,7H2,1-2H3,(H,16,17)/t9-/m1/s1. The summed E-state index contributed by atoms with van der Waals surface area (Å²) in [6.45, 7) is 1.61. The number of hydrogen-bond donors (Lipinski definition) is 1. The summed E-state index contributed by atoms with van der Waals surface area (Å²) in [5.41, 5.74) is 0.597. The molecule has 20 heavy (non-hydrogen) atoms. The first-order chi connectivity index (χ1) is 9.27. The van der Waals surface area contributed by atoms with Crippen molar-refractivity contribution in [3.63, 3.8) is 0 Å². The van der Waals surface area contributed by atoms with E-state index in [1.54, 1.807) is 25.1 Å². The largest absolute Gasteiger partial charge is 0.359 e. The molecule has 0 bridgehead atoms. The fourth-order valence-corrected chi connectivity index (χ4v) is 3.48. The Bertz CT molecular complexity index is 587. The molecule has 1 atom stereocenters. The summed E-state index contributed by atoms with van der Waals surface area (Å²) in [6.07, 6.45) is 0.498. The summed E-state index contributed by atoms with van der Waals surface area (Å²) in [5.74, 6) is -0.204. The average Bonchev–Trinajstić information content (AvgIpc) is 2.40. The number of carbonyl (C=O) groups is 1. The van der Waals surface area contributed by atoms with Crippen LogP contribution in [0.1, 0.15) is 30.6 Å². The van der Waals surface area contributed by atoms with E-state index in [4.69, 9.17) is 23.2 Å². The molecule has 1 rings (SSSR count). The summed E-state index contributed by atoms with van der Waals surface area (Å²) in [5, 5.41) is 2.50. The second kappa shape index (κ2) is 7.29. The Balaban J connectivity index is 2.76. The van der Waals surface area contributed by atoms with Gasteiger partial charge in [-0.2, -0.15) is 0 Å². The van der Waals surface area contributed by atoms with Crippen LogP contribution >= 0.6 is 23.2 Å². The third-order valence-corrected chi connectivity index (χ3v) is 6.01. The van der Waals surface area contributed by atoms with Crippen LogP contribution in [0.4, 0.5) is 0 Å². The smallest absolute Gasteiger partial charge is 0.219 e. The highest BCUT2D eigenvalue weighted by molar-refractivity contribution is 7.91. The molecular weight excluding hydrogens is 321 g/mol. The molecule has 0 aliphatic carbocycles. The first-order valence-corrected chi connectivity index (χ1v) is 8.62. The summed E-state index contributed by atoms with van der Waals surface area (Å²) >= 11 is 11.7. The van der Waals surface area contributed by atoms with Gasteiger partial charge in [0.1, 0.15) is 0 Å². The van der Waals surface area contributed by atoms with Gasteiger partial charge in [-0.15, -0.1) is 0 Å². The lowest BCUT2D eigenvalue weighted by Crippen LogP contribution is -2.20. The van der Waals surface area contributed by atoms with E-state index in [0.717, 1.165) is 0 Å². The quantitative estimate of drug-likeness (QED) is 0.867. The Labute approximate surface area is 129 Å². The Morgan fingerprint density at radius 3 is 2.50 bits per heavy atom. The van der Waals surface area contributed by atoms with Gasteiger partial charge in [-0.25, -0.2) is 8.42 Å². The SMILES string of the molecule is CNC(=O)CCCS(=O)(=O)[C@H](C)c1ccc(Cl)c(Cl)c1. The number of hydrogen-bond acceptors (Lipinski definition) is 3. The number of halogens is 2. The fraction of sp³-hybridized carbons (Fsp3) is 0.462. The molecule has 112 valence electrons. The first-order valence-electron chi connectivity index (χ1n) is 6.15. The van der Waals surface area contributed by atoms with Crippen LogP contribution < -0.4 is 5.32 Å². The molecule has 1 aromatic carbocycles. The number of carbonyl (C=O) groups excluding carboxylic acids is 1. The van der Waals surface area contributed by atoms with Crippen LogP contribution in [0.5, 0.6) is 0 Å². The van der Waals surface area contributed by atoms with Crippen LogP contribution in [0, 0.1) is 0 Å². The molecule has 0 aliphatic rings. The molecule has 4 nitrogen and oxygen atoms in total. The Morgan fingerprint density at radius 1 is 1.30 bits per heavy atom. The molecule has 1 N–H and O–H groups in total. The lowest BCUT2D eigenvalue weighted by molar-refractivity contribution is -0.120. The molecular formula is C13H17Cl2NO3S. The number of sulfone groups is 1. The molecule has 0 aliphatic heterocycles. The van der Waals surface area contributed by atoms with Gasteiger partial charge < -0.3 is 5.32 Å². The number of benzene rings is 1. The molecule has 0 unspecified atom stereocenters. The van der Waals surface area contributed by atoms with Crippen LogP contribution in [0.25, 0.3) is 0 Å². The van der Waals surface area contributed by atoms with Gasteiger partial charge in [0, 0.05) is 13.5 Å². The third kappa shape index (κ3) is 4.65. The van der Waals surface area contributed by atoms with Crippen molar-refractivity contribution in [1.29, 1.82) is 0 Å². The van der Waals surface area contributed by atoms with E-state index in [9.17, 15) is 13.2 Å². The second-order valence-electron chi connectivity index (χ2n) is 4.46. The highest BCUT2D eigenvalue weighted by Crippen LogP contribution is 2.29. The van der Waals surface area contributed by atoms with E-state index in [1.807, 2.05) is 0 Å². The minimum atomic E-state index is -3.33. The minimum absolute atomic E-state index is 0.0398. The number of rotatable bonds is 6. The van der Waals surface area contributed by atoms with Gasteiger partial charge in [0.2, 0.25) is 5.91 Å². The molecule has 7 heteroatoms. The second-order valence-corrected chi connectivity index (χ2v) is 7.71. The van der Waals surface area contributed by atoms with Crippen LogP contribution in [0.2, 0.25) is 10.0 Å². The van der Waals surface area contributed by atoms with Crippen molar-refractivity contribution < 1.29 is 13.2 Å². The third-order valence-electron chi connectivity index (χ3n) is 3.06. The maximum Gasteiger partial charge on any atom is 0.219 e. The molecule has 1 amide bonds. The van der Waals surface area contributed by atoms with Crippen LogP contribution in [0.3, 0.4) is 0 Å². The molecule has 1 aromatic rings. The predicted molar refractivity (Wildman–Crippen MR) is 82.0 cm³/mol. The summed E-state index contributed by atoms with van der Waals surface area (Å²) in [4.78, 5) is 11.1. The number of nitrogens with one attached hydrogen (secondary N) is 1. The van der Waals surface area contributed by atoms with E-state index < -0.39 is 15.1 Å². The van der Waals surface area contributed by atoms with Crippen molar-refractivity contribution in [2.75, 3.05) is 12.8 Å². The van der Waals surface area contributed by atoms with E-state index in [1.165, 1.54) is 7.05 Å².